The number of aryl methyl sites for hydroxylation is 1. The first kappa shape index (κ1) is 13.5. The van der Waals surface area contributed by atoms with Crippen LogP contribution in [0.25, 0.3) is 0 Å². The lowest BCUT2D eigenvalue weighted by Gasteiger charge is -2.31. The monoisotopic (exact) mass is 250 g/mol. The summed E-state index contributed by atoms with van der Waals surface area (Å²) in [6.45, 7) is 8.58. The van der Waals surface area contributed by atoms with E-state index in [1.807, 2.05) is 13.0 Å². The Hall–Kier alpha value is -0.930. The molecule has 0 atom stereocenters. The van der Waals surface area contributed by atoms with Gasteiger partial charge in [-0.1, -0.05) is 13.0 Å². The van der Waals surface area contributed by atoms with Crippen LogP contribution in [0.5, 0.6) is 0 Å². The second-order valence-corrected chi connectivity index (χ2v) is 5.16. The minimum atomic E-state index is -0.146. The zero-order valence-corrected chi connectivity index (χ0v) is 11.4. The lowest BCUT2D eigenvalue weighted by Crippen LogP contribution is -2.42. The van der Waals surface area contributed by atoms with E-state index in [2.05, 4.69) is 17.1 Å². The van der Waals surface area contributed by atoms with Gasteiger partial charge in [-0.25, -0.2) is 4.39 Å². The van der Waals surface area contributed by atoms with Gasteiger partial charge in [0.1, 0.15) is 5.82 Å². The molecular formula is C15H23FN2. The molecule has 3 heteroatoms. The zero-order chi connectivity index (χ0) is 13.0. The van der Waals surface area contributed by atoms with Gasteiger partial charge in [0, 0.05) is 12.6 Å². The molecule has 1 N–H and O–H groups in total. The summed E-state index contributed by atoms with van der Waals surface area (Å²) in [5.74, 6) is -0.146. The average molecular weight is 250 g/mol. The van der Waals surface area contributed by atoms with Gasteiger partial charge in [0.05, 0.1) is 0 Å². The van der Waals surface area contributed by atoms with Crippen molar-refractivity contribution in [1.29, 1.82) is 0 Å². The van der Waals surface area contributed by atoms with Crippen molar-refractivity contribution in [2.24, 2.45) is 0 Å². The first-order chi connectivity index (χ1) is 8.69. The highest BCUT2D eigenvalue weighted by Crippen LogP contribution is 2.13. The number of hydrogen-bond donors (Lipinski definition) is 1. The Labute approximate surface area is 109 Å². The van der Waals surface area contributed by atoms with E-state index >= 15 is 0 Å². The van der Waals surface area contributed by atoms with E-state index in [4.69, 9.17) is 0 Å². The molecule has 1 heterocycles. The number of piperidine rings is 1. The standard InChI is InChI=1S/C15H23FN2/c1-3-18-8-6-15(7-9-18)17-11-13-4-5-14(16)10-12(13)2/h4-5,10,15,17H,3,6-9,11H2,1-2H3. The van der Waals surface area contributed by atoms with E-state index in [1.165, 1.54) is 31.5 Å². The largest absolute Gasteiger partial charge is 0.310 e. The number of rotatable bonds is 4. The molecule has 1 aromatic rings. The maximum absolute atomic E-state index is 13.0. The summed E-state index contributed by atoms with van der Waals surface area (Å²) in [5.41, 5.74) is 2.24. The molecule has 0 amide bonds. The van der Waals surface area contributed by atoms with Crippen LogP contribution >= 0.6 is 0 Å². The number of hydrogen-bond acceptors (Lipinski definition) is 2. The molecule has 1 aromatic carbocycles. The normalized spacial score (nSPS) is 18.2. The van der Waals surface area contributed by atoms with Gasteiger partial charge < -0.3 is 10.2 Å². The Balaban J connectivity index is 1.81. The topological polar surface area (TPSA) is 15.3 Å². The molecule has 0 aliphatic carbocycles. The molecule has 0 aromatic heterocycles. The summed E-state index contributed by atoms with van der Waals surface area (Å²) in [4.78, 5) is 2.49. The molecule has 2 rings (SSSR count). The summed E-state index contributed by atoms with van der Waals surface area (Å²) in [5, 5.41) is 3.59. The van der Waals surface area contributed by atoms with Crippen molar-refractivity contribution in [2.75, 3.05) is 19.6 Å². The minimum absolute atomic E-state index is 0.146. The van der Waals surface area contributed by atoms with Crippen molar-refractivity contribution in [1.82, 2.24) is 10.2 Å². The molecule has 1 fully saturated rings. The van der Waals surface area contributed by atoms with Crippen LogP contribution in [0.4, 0.5) is 4.39 Å². The average Bonchev–Trinajstić information content (AvgIpc) is 2.38. The number of benzene rings is 1. The zero-order valence-electron chi connectivity index (χ0n) is 11.4. The summed E-state index contributed by atoms with van der Waals surface area (Å²) in [6.07, 6.45) is 2.43. The van der Waals surface area contributed by atoms with Crippen molar-refractivity contribution >= 4 is 0 Å². The van der Waals surface area contributed by atoms with Gasteiger partial charge in [0.2, 0.25) is 0 Å². The van der Waals surface area contributed by atoms with Crippen LogP contribution in [-0.4, -0.2) is 30.6 Å². The highest BCUT2D eigenvalue weighted by molar-refractivity contribution is 5.26. The van der Waals surface area contributed by atoms with Crippen LogP contribution in [0.2, 0.25) is 0 Å². The number of likely N-dealkylation sites (tertiary alicyclic amines) is 1. The van der Waals surface area contributed by atoms with Gasteiger partial charge in [-0.05, 0) is 62.7 Å². The molecule has 1 saturated heterocycles. The van der Waals surface area contributed by atoms with Gasteiger partial charge in [-0.2, -0.15) is 0 Å². The lowest BCUT2D eigenvalue weighted by molar-refractivity contribution is 0.206. The molecule has 2 nitrogen and oxygen atoms in total. The third-order valence-corrected chi connectivity index (χ3v) is 3.92. The Bertz CT molecular complexity index is 384. The van der Waals surface area contributed by atoms with Crippen molar-refractivity contribution < 1.29 is 4.39 Å². The number of halogens is 1. The Morgan fingerprint density at radius 3 is 2.67 bits per heavy atom. The van der Waals surface area contributed by atoms with E-state index in [0.717, 1.165) is 18.7 Å². The smallest absolute Gasteiger partial charge is 0.123 e. The van der Waals surface area contributed by atoms with Crippen LogP contribution in [-0.2, 0) is 6.54 Å². The highest BCUT2D eigenvalue weighted by Gasteiger charge is 2.17. The summed E-state index contributed by atoms with van der Waals surface area (Å²) in [7, 11) is 0. The SMILES string of the molecule is CCN1CCC(NCc2ccc(F)cc2C)CC1. The molecule has 1 aliphatic rings. The van der Waals surface area contributed by atoms with Crippen molar-refractivity contribution in [3.05, 3.63) is 35.1 Å². The summed E-state index contributed by atoms with van der Waals surface area (Å²) < 4.78 is 13.0. The molecular weight excluding hydrogens is 227 g/mol. The second-order valence-electron chi connectivity index (χ2n) is 5.16. The van der Waals surface area contributed by atoms with Crippen molar-refractivity contribution in [3.63, 3.8) is 0 Å². The number of nitrogens with zero attached hydrogens (tertiary/aromatic N) is 1. The molecule has 0 bridgehead atoms. The van der Waals surface area contributed by atoms with E-state index in [9.17, 15) is 4.39 Å². The Morgan fingerprint density at radius 2 is 2.06 bits per heavy atom. The molecule has 0 saturated carbocycles. The fourth-order valence-corrected chi connectivity index (χ4v) is 2.57. The van der Waals surface area contributed by atoms with Gasteiger partial charge in [0.25, 0.3) is 0 Å². The Kier molecular flexibility index (Phi) is 4.72. The second kappa shape index (κ2) is 6.30. The number of nitrogens with one attached hydrogen (secondary N) is 1. The van der Waals surface area contributed by atoms with Crippen molar-refractivity contribution in [2.45, 2.75) is 39.3 Å². The summed E-state index contributed by atoms with van der Waals surface area (Å²) >= 11 is 0. The van der Waals surface area contributed by atoms with Crippen molar-refractivity contribution in [3.8, 4) is 0 Å². The van der Waals surface area contributed by atoms with E-state index in [1.54, 1.807) is 12.1 Å². The predicted octanol–water partition coefficient (Wildman–Crippen LogP) is 2.71. The van der Waals surface area contributed by atoms with E-state index < -0.39 is 0 Å². The highest BCUT2D eigenvalue weighted by atomic mass is 19.1. The Morgan fingerprint density at radius 1 is 1.33 bits per heavy atom. The minimum Gasteiger partial charge on any atom is -0.310 e. The van der Waals surface area contributed by atoms with Crippen LogP contribution in [0.1, 0.15) is 30.9 Å². The third kappa shape index (κ3) is 3.53. The van der Waals surface area contributed by atoms with Gasteiger partial charge in [0.15, 0.2) is 0 Å². The fraction of sp³-hybridized carbons (Fsp3) is 0.600. The molecule has 100 valence electrons. The maximum Gasteiger partial charge on any atom is 0.123 e. The molecule has 0 unspecified atom stereocenters. The van der Waals surface area contributed by atoms with E-state index in [0.29, 0.717) is 6.04 Å². The predicted molar refractivity (Wildman–Crippen MR) is 73.1 cm³/mol. The quantitative estimate of drug-likeness (QED) is 0.884. The molecule has 0 spiro atoms. The van der Waals surface area contributed by atoms with Crippen LogP contribution in [0.3, 0.4) is 0 Å². The lowest BCUT2D eigenvalue weighted by atomic mass is 10.0. The first-order valence-corrected chi connectivity index (χ1v) is 6.90. The van der Waals surface area contributed by atoms with Gasteiger partial charge in [-0.3, -0.25) is 0 Å². The van der Waals surface area contributed by atoms with Gasteiger partial charge >= 0.3 is 0 Å². The van der Waals surface area contributed by atoms with Crippen LogP contribution < -0.4 is 5.32 Å². The van der Waals surface area contributed by atoms with Crippen LogP contribution in [0.15, 0.2) is 18.2 Å². The molecule has 0 radical (unpaired) electrons. The first-order valence-electron chi connectivity index (χ1n) is 6.90. The summed E-state index contributed by atoms with van der Waals surface area (Å²) in [6, 6.07) is 5.65. The van der Waals surface area contributed by atoms with E-state index in [-0.39, 0.29) is 5.82 Å². The molecule has 18 heavy (non-hydrogen) atoms. The van der Waals surface area contributed by atoms with Crippen LogP contribution in [0, 0.1) is 12.7 Å². The fourth-order valence-electron chi connectivity index (χ4n) is 2.57. The maximum atomic E-state index is 13.0. The third-order valence-electron chi connectivity index (χ3n) is 3.92. The van der Waals surface area contributed by atoms with Gasteiger partial charge in [-0.15, -0.1) is 0 Å². The molecule has 1 aliphatic heterocycles.